The topological polar surface area (TPSA) is 96.6 Å². The lowest BCUT2D eigenvalue weighted by Gasteiger charge is -2.19. The van der Waals surface area contributed by atoms with Crippen LogP contribution in [0, 0.1) is 0 Å². The Labute approximate surface area is 184 Å². The fourth-order valence-corrected chi connectivity index (χ4v) is 3.58. The van der Waals surface area contributed by atoms with Gasteiger partial charge in [-0.25, -0.2) is 18.5 Å². The minimum Gasteiger partial charge on any atom is -0.357 e. The lowest BCUT2D eigenvalue weighted by molar-refractivity contribution is 0.598. The van der Waals surface area contributed by atoms with Gasteiger partial charge in [-0.15, -0.1) is 24.0 Å². The highest BCUT2D eigenvalue weighted by Gasteiger charge is 2.43. The fourth-order valence-electron chi connectivity index (χ4n) is 3.06. The van der Waals surface area contributed by atoms with E-state index in [0.29, 0.717) is 6.54 Å². The predicted molar refractivity (Wildman–Crippen MR) is 123 cm³/mol. The maximum atomic E-state index is 11.3. The number of primary sulfonamides is 1. The summed E-state index contributed by atoms with van der Waals surface area (Å²) in [5, 5.41) is 11.8. The van der Waals surface area contributed by atoms with Crippen LogP contribution in [0.5, 0.6) is 0 Å². The van der Waals surface area contributed by atoms with Gasteiger partial charge >= 0.3 is 0 Å². The minimum absolute atomic E-state index is 0. The molecule has 3 rings (SSSR count). The Kier molecular flexibility index (Phi) is 7.85. The van der Waals surface area contributed by atoms with Gasteiger partial charge in [0.25, 0.3) is 0 Å². The summed E-state index contributed by atoms with van der Waals surface area (Å²) in [6.45, 7) is 4.10. The minimum atomic E-state index is -3.66. The van der Waals surface area contributed by atoms with E-state index >= 15 is 0 Å². The van der Waals surface area contributed by atoms with Crippen molar-refractivity contribution in [2.24, 2.45) is 10.1 Å². The van der Waals surface area contributed by atoms with Gasteiger partial charge in [-0.2, -0.15) is 0 Å². The molecule has 1 saturated carbocycles. The van der Waals surface area contributed by atoms with Gasteiger partial charge in [-0.3, -0.25) is 0 Å². The van der Waals surface area contributed by atoms with Crippen molar-refractivity contribution >= 4 is 40.0 Å². The van der Waals surface area contributed by atoms with Crippen LogP contribution in [0.4, 0.5) is 0 Å². The first-order valence-corrected chi connectivity index (χ1v) is 10.7. The van der Waals surface area contributed by atoms with E-state index in [9.17, 15) is 8.42 Å². The van der Waals surface area contributed by atoms with Crippen LogP contribution in [0.1, 0.15) is 30.9 Å². The van der Waals surface area contributed by atoms with Crippen molar-refractivity contribution in [3.8, 4) is 0 Å². The highest BCUT2D eigenvalue weighted by molar-refractivity contribution is 14.0. The number of nitrogens with one attached hydrogen (secondary N) is 2. The molecule has 0 radical (unpaired) electrons. The van der Waals surface area contributed by atoms with E-state index in [1.807, 2.05) is 13.0 Å². The second-order valence-corrected chi connectivity index (χ2v) is 8.45. The Morgan fingerprint density at radius 2 is 1.71 bits per heavy atom. The van der Waals surface area contributed by atoms with E-state index in [4.69, 9.17) is 5.14 Å². The average molecular weight is 514 g/mol. The fraction of sp³-hybridized carbons (Fsp3) is 0.350. The van der Waals surface area contributed by atoms with Crippen LogP contribution in [0.15, 0.2) is 64.5 Å². The van der Waals surface area contributed by atoms with E-state index in [-0.39, 0.29) is 34.3 Å². The molecule has 0 spiro atoms. The van der Waals surface area contributed by atoms with Crippen LogP contribution in [0.2, 0.25) is 0 Å². The summed E-state index contributed by atoms with van der Waals surface area (Å²) in [4.78, 5) is 4.72. The second-order valence-electron chi connectivity index (χ2n) is 6.88. The van der Waals surface area contributed by atoms with Gasteiger partial charge in [0, 0.05) is 18.5 Å². The monoisotopic (exact) mass is 514 g/mol. The molecule has 152 valence electrons. The number of hydrogen-bond donors (Lipinski definition) is 3. The third-order valence-electron chi connectivity index (χ3n) is 4.85. The van der Waals surface area contributed by atoms with E-state index in [0.717, 1.165) is 24.6 Å². The van der Waals surface area contributed by atoms with Crippen molar-refractivity contribution in [2.45, 2.75) is 36.6 Å². The quantitative estimate of drug-likeness (QED) is 0.301. The van der Waals surface area contributed by atoms with E-state index in [2.05, 4.69) is 39.9 Å². The van der Waals surface area contributed by atoms with Crippen LogP contribution < -0.4 is 15.8 Å². The molecule has 0 amide bonds. The van der Waals surface area contributed by atoms with E-state index < -0.39 is 10.0 Å². The molecule has 0 atom stereocenters. The molecule has 1 aliphatic rings. The predicted octanol–water partition coefficient (Wildman–Crippen LogP) is 2.74. The number of aliphatic imine (C=N–C) groups is 1. The number of guanidine groups is 1. The molecule has 2 aromatic carbocycles. The van der Waals surface area contributed by atoms with Gasteiger partial charge in [0.15, 0.2) is 5.96 Å². The Balaban J connectivity index is 0.00000280. The average Bonchev–Trinajstić information content (AvgIpc) is 3.46. The van der Waals surface area contributed by atoms with Gasteiger partial charge in [0.2, 0.25) is 10.0 Å². The van der Waals surface area contributed by atoms with Crippen molar-refractivity contribution < 1.29 is 8.42 Å². The Bertz CT molecular complexity index is 896. The number of rotatable bonds is 7. The molecule has 0 aromatic heterocycles. The van der Waals surface area contributed by atoms with E-state index in [1.165, 1.54) is 30.5 Å². The molecule has 6 nitrogen and oxygen atoms in total. The van der Waals surface area contributed by atoms with Gasteiger partial charge < -0.3 is 10.6 Å². The highest BCUT2D eigenvalue weighted by Crippen LogP contribution is 2.47. The van der Waals surface area contributed by atoms with Gasteiger partial charge in [-0.05, 0) is 43.0 Å². The van der Waals surface area contributed by atoms with Crippen LogP contribution in [-0.4, -0.2) is 27.5 Å². The first-order chi connectivity index (χ1) is 12.9. The SMILES string of the molecule is CCNC(=NCc1ccc(S(N)(=O)=O)cc1)NCC1(c2ccccc2)CC1.I. The van der Waals surface area contributed by atoms with Crippen molar-refractivity contribution in [1.82, 2.24) is 10.6 Å². The highest BCUT2D eigenvalue weighted by atomic mass is 127. The third-order valence-corrected chi connectivity index (χ3v) is 5.78. The van der Waals surface area contributed by atoms with Crippen LogP contribution in [0.25, 0.3) is 0 Å². The smallest absolute Gasteiger partial charge is 0.238 e. The molecule has 1 fully saturated rings. The molecular weight excluding hydrogens is 487 g/mol. The molecular formula is C20H27IN4O2S. The lowest BCUT2D eigenvalue weighted by Crippen LogP contribution is -2.41. The Morgan fingerprint density at radius 3 is 2.25 bits per heavy atom. The molecule has 0 aliphatic heterocycles. The summed E-state index contributed by atoms with van der Waals surface area (Å²) >= 11 is 0. The summed E-state index contributed by atoms with van der Waals surface area (Å²) in [7, 11) is -3.66. The van der Waals surface area contributed by atoms with Crippen molar-refractivity contribution in [3.05, 3.63) is 65.7 Å². The lowest BCUT2D eigenvalue weighted by atomic mass is 9.96. The molecule has 0 saturated heterocycles. The normalized spacial score (nSPS) is 15.4. The number of hydrogen-bond acceptors (Lipinski definition) is 3. The molecule has 0 bridgehead atoms. The molecule has 8 heteroatoms. The number of benzene rings is 2. The standard InChI is InChI=1S/C20H26N4O2S.HI/c1-2-22-19(23-14-16-8-10-18(11-9-16)27(21,25)26)24-15-20(12-13-20)17-6-4-3-5-7-17;/h3-11H,2,12-15H2,1H3,(H2,21,25,26)(H2,22,23,24);1H. The summed E-state index contributed by atoms with van der Waals surface area (Å²) in [6, 6.07) is 17.1. The molecule has 1 aliphatic carbocycles. The first kappa shape index (κ1) is 22.6. The van der Waals surface area contributed by atoms with Crippen molar-refractivity contribution in [3.63, 3.8) is 0 Å². The number of sulfonamides is 1. The van der Waals surface area contributed by atoms with Gasteiger partial charge in [0.05, 0.1) is 11.4 Å². The maximum Gasteiger partial charge on any atom is 0.238 e. The molecule has 4 N–H and O–H groups in total. The van der Waals surface area contributed by atoms with Gasteiger partial charge in [-0.1, -0.05) is 42.5 Å². The molecule has 0 heterocycles. The first-order valence-electron chi connectivity index (χ1n) is 9.12. The zero-order chi connectivity index (χ0) is 19.3. The summed E-state index contributed by atoms with van der Waals surface area (Å²) in [6.07, 6.45) is 2.36. The van der Waals surface area contributed by atoms with Crippen LogP contribution >= 0.6 is 24.0 Å². The van der Waals surface area contributed by atoms with Crippen molar-refractivity contribution in [2.75, 3.05) is 13.1 Å². The van der Waals surface area contributed by atoms with Crippen molar-refractivity contribution in [1.29, 1.82) is 0 Å². The third kappa shape index (κ3) is 5.92. The molecule has 0 unspecified atom stereocenters. The van der Waals surface area contributed by atoms with Crippen LogP contribution in [-0.2, 0) is 22.0 Å². The largest absolute Gasteiger partial charge is 0.357 e. The number of nitrogens with zero attached hydrogens (tertiary/aromatic N) is 1. The molecule has 2 aromatic rings. The zero-order valence-corrected chi connectivity index (χ0v) is 19.0. The summed E-state index contributed by atoms with van der Waals surface area (Å²) in [5.41, 5.74) is 2.49. The van der Waals surface area contributed by atoms with Gasteiger partial charge in [0.1, 0.15) is 0 Å². The summed E-state index contributed by atoms with van der Waals surface area (Å²) in [5.74, 6) is 0.759. The van der Waals surface area contributed by atoms with Crippen LogP contribution in [0.3, 0.4) is 0 Å². The Hall–Kier alpha value is -1.65. The Morgan fingerprint density at radius 1 is 1.07 bits per heavy atom. The number of nitrogens with two attached hydrogens (primary N) is 1. The van der Waals surface area contributed by atoms with E-state index in [1.54, 1.807) is 12.1 Å². The zero-order valence-electron chi connectivity index (χ0n) is 15.9. The molecule has 28 heavy (non-hydrogen) atoms. The summed E-state index contributed by atoms with van der Waals surface area (Å²) < 4.78 is 22.7. The second kappa shape index (κ2) is 9.71. The maximum absolute atomic E-state index is 11.3. The number of halogens is 1.